The minimum Gasteiger partial charge on any atom is -0.321 e. The molecule has 0 amide bonds. The van der Waals surface area contributed by atoms with Crippen LogP contribution in [-0.4, -0.2) is 14.5 Å². The van der Waals surface area contributed by atoms with Crippen LogP contribution in [0.15, 0.2) is 30.6 Å². The van der Waals surface area contributed by atoms with Gasteiger partial charge in [-0.05, 0) is 18.9 Å². The standard InChI is InChI=1S/C15H10F3N3/c16-10-3-4-19-7-9(10)15-20-13-5-11(17)12(18)6-14(13)21(15)8-1-2-8/h3-8H,1-2H2. The maximum Gasteiger partial charge on any atom is 0.161 e. The second-order valence-electron chi connectivity index (χ2n) is 5.15. The van der Waals surface area contributed by atoms with Crippen LogP contribution in [0.5, 0.6) is 0 Å². The molecule has 21 heavy (non-hydrogen) atoms. The molecule has 0 spiro atoms. The Balaban J connectivity index is 2.05. The van der Waals surface area contributed by atoms with Crippen molar-refractivity contribution in [1.82, 2.24) is 14.5 Å². The van der Waals surface area contributed by atoms with Gasteiger partial charge in [0, 0.05) is 30.6 Å². The molecule has 1 fully saturated rings. The zero-order valence-electron chi connectivity index (χ0n) is 10.9. The molecule has 0 unspecified atom stereocenters. The summed E-state index contributed by atoms with van der Waals surface area (Å²) >= 11 is 0. The van der Waals surface area contributed by atoms with Crippen molar-refractivity contribution in [3.05, 3.63) is 48.0 Å². The Labute approximate surface area is 118 Å². The average molecular weight is 289 g/mol. The minimum atomic E-state index is -0.957. The van der Waals surface area contributed by atoms with E-state index in [0.29, 0.717) is 16.9 Å². The molecule has 2 aromatic heterocycles. The van der Waals surface area contributed by atoms with Gasteiger partial charge < -0.3 is 4.57 Å². The van der Waals surface area contributed by atoms with Crippen LogP contribution in [0.1, 0.15) is 18.9 Å². The van der Waals surface area contributed by atoms with Crippen LogP contribution >= 0.6 is 0 Å². The van der Waals surface area contributed by atoms with Crippen molar-refractivity contribution in [3.63, 3.8) is 0 Å². The Kier molecular flexibility index (Phi) is 2.54. The van der Waals surface area contributed by atoms with Crippen molar-refractivity contribution in [2.24, 2.45) is 0 Å². The molecule has 1 aromatic carbocycles. The summed E-state index contributed by atoms with van der Waals surface area (Å²) in [7, 11) is 0. The Hall–Kier alpha value is -2.37. The van der Waals surface area contributed by atoms with Crippen LogP contribution < -0.4 is 0 Å². The van der Waals surface area contributed by atoms with Gasteiger partial charge in [0.1, 0.15) is 11.6 Å². The molecular formula is C15H10F3N3. The van der Waals surface area contributed by atoms with Gasteiger partial charge in [0.25, 0.3) is 0 Å². The maximum absolute atomic E-state index is 14.0. The van der Waals surface area contributed by atoms with Crippen LogP contribution in [0.25, 0.3) is 22.4 Å². The summed E-state index contributed by atoms with van der Waals surface area (Å²) in [5, 5.41) is 0. The Morgan fingerprint density at radius 1 is 1.05 bits per heavy atom. The van der Waals surface area contributed by atoms with E-state index < -0.39 is 17.5 Å². The first-order chi connectivity index (χ1) is 10.1. The van der Waals surface area contributed by atoms with Gasteiger partial charge in [-0.1, -0.05) is 0 Å². The van der Waals surface area contributed by atoms with Crippen LogP contribution in [-0.2, 0) is 0 Å². The molecular weight excluding hydrogens is 279 g/mol. The van der Waals surface area contributed by atoms with Crippen molar-refractivity contribution in [2.45, 2.75) is 18.9 Å². The number of fused-ring (bicyclic) bond motifs is 1. The first kappa shape index (κ1) is 12.4. The summed E-state index contributed by atoms with van der Waals surface area (Å²) in [5.74, 6) is -1.98. The Bertz CT molecular complexity index is 853. The van der Waals surface area contributed by atoms with Crippen LogP contribution in [0, 0.1) is 17.5 Å². The molecule has 0 bridgehead atoms. The van der Waals surface area contributed by atoms with Crippen LogP contribution in [0.3, 0.4) is 0 Å². The number of nitrogens with zero attached hydrogens (tertiary/aromatic N) is 3. The largest absolute Gasteiger partial charge is 0.321 e. The third-order valence-corrected chi connectivity index (χ3v) is 3.65. The lowest BCUT2D eigenvalue weighted by molar-refractivity contribution is 0.510. The number of halogens is 3. The van der Waals surface area contributed by atoms with Gasteiger partial charge in [-0.2, -0.15) is 0 Å². The van der Waals surface area contributed by atoms with Gasteiger partial charge >= 0.3 is 0 Å². The van der Waals surface area contributed by atoms with E-state index in [1.165, 1.54) is 18.5 Å². The summed E-state index contributed by atoms with van der Waals surface area (Å²) in [6.45, 7) is 0. The van der Waals surface area contributed by atoms with Gasteiger partial charge in [0.15, 0.2) is 11.6 Å². The zero-order chi connectivity index (χ0) is 14.6. The van der Waals surface area contributed by atoms with Crippen molar-refractivity contribution in [2.75, 3.05) is 0 Å². The summed E-state index contributed by atoms with van der Waals surface area (Å²) in [6.07, 6.45) is 4.56. The summed E-state index contributed by atoms with van der Waals surface area (Å²) < 4.78 is 42.6. The molecule has 6 heteroatoms. The summed E-state index contributed by atoms with van der Waals surface area (Å²) in [6, 6.07) is 3.55. The third-order valence-electron chi connectivity index (χ3n) is 3.65. The number of hydrogen-bond acceptors (Lipinski definition) is 2. The van der Waals surface area contributed by atoms with Crippen molar-refractivity contribution < 1.29 is 13.2 Å². The predicted molar refractivity (Wildman–Crippen MR) is 71.1 cm³/mol. The first-order valence-electron chi connectivity index (χ1n) is 6.62. The number of pyridine rings is 1. The van der Waals surface area contributed by atoms with E-state index in [-0.39, 0.29) is 11.6 Å². The molecule has 2 heterocycles. The van der Waals surface area contributed by atoms with Crippen molar-refractivity contribution in [3.8, 4) is 11.4 Å². The average Bonchev–Trinajstić information content (AvgIpc) is 3.23. The van der Waals surface area contributed by atoms with Gasteiger partial charge in [-0.15, -0.1) is 0 Å². The van der Waals surface area contributed by atoms with E-state index in [9.17, 15) is 13.2 Å². The van der Waals surface area contributed by atoms with Crippen molar-refractivity contribution >= 4 is 11.0 Å². The summed E-state index contributed by atoms with van der Waals surface area (Å²) in [4.78, 5) is 8.19. The predicted octanol–water partition coefficient (Wildman–Crippen LogP) is 3.85. The topological polar surface area (TPSA) is 30.7 Å². The van der Waals surface area contributed by atoms with Crippen LogP contribution in [0.2, 0.25) is 0 Å². The second-order valence-corrected chi connectivity index (χ2v) is 5.15. The fraction of sp³-hybridized carbons (Fsp3) is 0.200. The van der Waals surface area contributed by atoms with E-state index in [1.54, 1.807) is 4.57 Å². The highest BCUT2D eigenvalue weighted by atomic mass is 19.2. The number of imidazole rings is 1. The van der Waals surface area contributed by atoms with E-state index in [0.717, 1.165) is 25.0 Å². The van der Waals surface area contributed by atoms with E-state index >= 15 is 0 Å². The highest BCUT2D eigenvalue weighted by molar-refractivity contribution is 5.81. The molecule has 0 radical (unpaired) electrons. The van der Waals surface area contributed by atoms with Gasteiger partial charge in [-0.3, -0.25) is 4.98 Å². The lowest BCUT2D eigenvalue weighted by atomic mass is 10.2. The van der Waals surface area contributed by atoms with Gasteiger partial charge in [0.05, 0.1) is 16.6 Å². The fourth-order valence-electron chi connectivity index (χ4n) is 2.52. The highest BCUT2D eigenvalue weighted by Gasteiger charge is 2.30. The first-order valence-corrected chi connectivity index (χ1v) is 6.62. The molecule has 0 atom stereocenters. The molecule has 4 rings (SSSR count). The molecule has 0 N–H and O–H groups in total. The highest BCUT2D eigenvalue weighted by Crippen LogP contribution is 2.41. The Morgan fingerprint density at radius 2 is 1.81 bits per heavy atom. The van der Waals surface area contributed by atoms with Gasteiger partial charge in [0.2, 0.25) is 0 Å². The minimum absolute atomic E-state index is 0.148. The number of rotatable bonds is 2. The quantitative estimate of drug-likeness (QED) is 0.717. The van der Waals surface area contributed by atoms with Gasteiger partial charge in [-0.25, -0.2) is 18.2 Å². The molecule has 0 aliphatic heterocycles. The fourth-order valence-corrected chi connectivity index (χ4v) is 2.52. The SMILES string of the molecule is Fc1cc2nc(-c3cnccc3F)n(C3CC3)c2cc1F. The number of hydrogen-bond donors (Lipinski definition) is 0. The number of aromatic nitrogens is 3. The molecule has 106 valence electrons. The van der Waals surface area contributed by atoms with E-state index in [4.69, 9.17) is 0 Å². The third kappa shape index (κ3) is 1.90. The molecule has 1 aliphatic carbocycles. The zero-order valence-corrected chi connectivity index (χ0v) is 10.9. The smallest absolute Gasteiger partial charge is 0.161 e. The maximum atomic E-state index is 14.0. The molecule has 1 saturated carbocycles. The Morgan fingerprint density at radius 3 is 2.52 bits per heavy atom. The molecule has 3 nitrogen and oxygen atoms in total. The van der Waals surface area contributed by atoms with Crippen LogP contribution in [0.4, 0.5) is 13.2 Å². The molecule has 0 saturated heterocycles. The monoisotopic (exact) mass is 289 g/mol. The van der Waals surface area contributed by atoms with E-state index in [2.05, 4.69) is 9.97 Å². The van der Waals surface area contributed by atoms with Crippen molar-refractivity contribution in [1.29, 1.82) is 0 Å². The summed E-state index contributed by atoms with van der Waals surface area (Å²) in [5.41, 5.74) is 1.04. The van der Waals surface area contributed by atoms with E-state index in [1.807, 2.05) is 0 Å². The lowest BCUT2D eigenvalue weighted by Crippen LogP contribution is -1.99. The second kappa shape index (κ2) is 4.31. The normalized spacial score (nSPS) is 14.8. The molecule has 1 aliphatic rings. The molecule has 3 aromatic rings. The number of benzene rings is 1. The lowest BCUT2D eigenvalue weighted by Gasteiger charge is -2.08.